The Morgan fingerprint density at radius 2 is 1.56 bits per heavy atom. The first-order chi connectivity index (χ1) is 8.70. The molecule has 0 aliphatic heterocycles. The molecule has 0 radical (unpaired) electrons. The summed E-state index contributed by atoms with van der Waals surface area (Å²) >= 11 is 8.86. The maximum atomic E-state index is 11.3. The van der Waals surface area contributed by atoms with Gasteiger partial charge >= 0.3 is 5.97 Å². The van der Waals surface area contributed by atoms with E-state index in [4.69, 9.17) is 16.3 Å². The number of carbonyl (C=O) groups is 1. The van der Waals surface area contributed by atoms with Crippen molar-refractivity contribution in [1.82, 2.24) is 0 Å². The number of alkyl halides is 2. The molecule has 2 nitrogen and oxygen atoms in total. The second-order valence-electron chi connectivity index (χ2n) is 4.63. The summed E-state index contributed by atoms with van der Waals surface area (Å²) in [4.78, 5) is 11.3. The van der Waals surface area contributed by atoms with Crippen LogP contribution in [0.5, 0.6) is 0 Å². The van der Waals surface area contributed by atoms with Gasteiger partial charge in [-0.2, -0.15) is 0 Å². The average Bonchev–Trinajstić information content (AvgIpc) is 2.36. The third-order valence-corrected chi connectivity index (χ3v) is 4.07. The maximum absolute atomic E-state index is 11.3. The van der Waals surface area contributed by atoms with E-state index in [-0.39, 0.29) is 5.97 Å². The van der Waals surface area contributed by atoms with Crippen molar-refractivity contribution in [2.24, 2.45) is 0 Å². The molecule has 0 aromatic heterocycles. The summed E-state index contributed by atoms with van der Waals surface area (Å²) < 4.78 is 4.95. The van der Waals surface area contributed by atoms with E-state index in [1.165, 1.54) is 44.9 Å². The Bertz CT molecular complexity index is 200. The monoisotopic (exact) mass is 340 g/mol. The largest absolute Gasteiger partial charge is 0.445 e. The van der Waals surface area contributed by atoms with E-state index in [0.29, 0.717) is 11.8 Å². The van der Waals surface area contributed by atoms with Gasteiger partial charge in [0.15, 0.2) is 5.56 Å². The van der Waals surface area contributed by atoms with Crippen molar-refractivity contribution in [2.75, 3.05) is 5.33 Å². The van der Waals surface area contributed by atoms with Crippen LogP contribution < -0.4 is 0 Å². The number of halogens is 2. The fourth-order valence-electron chi connectivity index (χ4n) is 1.81. The molecule has 108 valence electrons. The zero-order valence-electron chi connectivity index (χ0n) is 11.4. The number of hydrogen-bond acceptors (Lipinski definition) is 2. The van der Waals surface area contributed by atoms with E-state index in [0.717, 1.165) is 12.8 Å². The Labute approximate surface area is 125 Å². The van der Waals surface area contributed by atoms with Gasteiger partial charge < -0.3 is 4.74 Å². The van der Waals surface area contributed by atoms with Crippen LogP contribution in [-0.4, -0.2) is 16.9 Å². The van der Waals surface area contributed by atoms with Crippen molar-refractivity contribution in [3.63, 3.8) is 0 Å². The van der Waals surface area contributed by atoms with Crippen molar-refractivity contribution in [2.45, 2.75) is 76.7 Å². The highest BCUT2D eigenvalue weighted by Crippen LogP contribution is 2.11. The van der Waals surface area contributed by atoms with Gasteiger partial charge in [0.05, 0.1) is 5.33 Å². The van der Waals surface area contributed by atoms with Crippen molar-refractivity contribution in [3.05, 3.63) is 0 Å². The van der Waals surface area contributed by atoms with E-state index in [2.05, 4.69) is 22.9 Å². The first-order valence-corrected chi connectivity index (χ1v) is 8.66. The number of unbranched alkanes of at least 4 members (excludes halogenated alkanes) is 8. The molecule has 0 fully saturated rings. The SMILES string of the molecule is CCCCCCCCCCCC(=O)OC(Cl)CBr. The minimum absolute atomic E-state index is 0.183. The third-order valence-electron chi connectivity index (χ3n) is 2.87. The lowest BCUT2D eigenvalue weighted by atomic mass is 10.1. The molecule has 0 spiro atoms. The normalized spacial score (nSPS) is 12.4. The second kappa shape index (κ2) is 13.7. The summed E-state index contributed by atoms with van der Waals surface area (Å²) in [5, 5.41) is 0.484. The highest BCUT2D eigenvalue weighted by atomic mass is 79.9. The molecule has 1 unspecified atom stereocenters. The van der Waals surface area contributed by atoms with Crippen LogP contribution in [0.4, 0.5) is 0 Å². The molecule has 0 N–H and O–H groups in total. The van der Waals surface area contributed by atoms with Gasteiger partial charge in [0.1, 0.15) is 0 Å². The summed E-state index contributed by atoms with van der Waals surface area (Å²) in [5.41, 5.74) is -0.531. The van der Waals surface area contributed by atoms with Gasteiger partial charge in [-0.25, -0.2) is 0 Å². The molecule has 18 heavy (non-hydrogen) atoms. The summed E-state index contributed by atoms with van der Waals surface area (Å²) in [6.45, 7) is 2.24. The molecule has 0 aliphatic rings. The summed E-state index contributed by atoms with van der Waals surface area (Å²) in [7, 11) is 0. The average molecular weight is 342 g/mol. The predicted molar refractivity (Wildman–Crippen MR) is 81.4 cm³/mol. The van der Waals surface area contributed by atoms with Gasteiger partial charge in [0.25, 0.3) is 0 Å². The standard InChI is InChI=1S/C14H26BrClO2/c1-2-3-4-5-6-7-8-9-10-11-14(17)18-13(16)12-15/h13H,2-12H2,1H3. The van der Waals surface area contributed by atoms with E-state index >= 15 is 0 Å². The molecule has 1 atom stereocenters. The fourth-order valence-corrected chi connectivity index (χ4v) is 2.04. The molecular formula is C14H26BrClO2. The van der Waals surface area contributed by atoms with Crippen molar-refractivity contribution in [1.29, 1.82) is 0 Å². The first kappa shape index (κ1) is 18.2. The Hall–Kier alpha value is 0.240. The molecule has 0 aliphatic carbocycles. The quantitative estimate of drug-likeness (QED) is 0.269. The molecule has 0 aromatic carbocycles. The molecule has 0 heterocycles. The molecule has 0 aromatic rings. The topological polar surface area (TPSA) is 26.3 Å². The van der Waals surface area contributed by atoms with Gasteiger partial charge in [-0.05, 0) is 6.42 Å². The Morgan fingerprint density at radius 1 is 1.06 bits per heavy atom. The lowest BCUT2D eigenvalue weighted by Gasteiger charge is -2.07. The minimum atomic E-state index is -0.531. The molecule has 0 saturated heterocycles. The predicted octanol–water partition coefficient (Wildman–Crippen LogP) is 5.41. The van der Waals surface area contributed by atoms with Gasteiger partial charge in [-0.3, -0.25) is 4.79 Å². The van der Waals surface area contributed by atoms with Crippen molar-refractivity contribution < 1.29 is 9.53 Å². The number of esters is 1. The minimum Gasteiger partial charge on any atom is -0.445 e. The summed E-state index contributed by atoms with van der Waals surface area (Å²) in [6, 6.07) is 0. The van der Waals surface area contributed by atoms with Crippen molar-refractivity contribution in [3.8, 4) is 0 Å². The summed E-state index contributed by atoms with van der Waals surface area (Å²) in [6.07, 6.45) is 11.8. The van der Waals surface area contributed by atoms with Gasteiger partial charge in [0.2, 0.25) is 0 Å². The molecule has 4 heteroatoms. The first-order valence-electron chi connectivity index (χ1n) is 7.10. The molecule has 0 amide bonds. The van der Waals surface area contributed by atoms with Gasteiger partial charge in [0, 0.05) is 6.42 Å². The van der Waals surface area contributed by atoms with Crippen LogP contribution in [0.15, 0.2) is 0 Å². The molecule has 0 bridgehead atoms. The van der Waals surface area contributed by atoms with Crippen LogP contribution in [0.25, 0.3) is 0 Å². The summed E-state index contributed by atoms with van der Waals surface area (Å²) in [5.74, 6) is -0.183. The van der Waals surface area contributed by atoms with Crippen LogP contribution in [-0.2, 0) is 9.53 Å². The zero-order valence-corrected chi connectivity index (χ0v) is 13.8. The lowest BCUT2D eigenvalue weighted by Crippen LogP contribution is -2.13. The van der Waals surface area contributed by atoms with Crippen LogP contribution in [0.3, 0.4) is 0 Å². The molecule has 0 rings (SSSR count). The van der Waals surface area contributed by atoms with E-state index < -0.39 is 5.56 Å². The van der Waals surface area contributed by atoms with Crippen LogP contribution in [0.2, 0.25) is 0 Å². The van der Waals surface area contributed by atoms with Gasteiger partial charge in [-0.1, -0.05) is 85.8 Å². The number of hydrogen-bond donors (Lipinski definition) is 0. The zero-order chi connectivity index (χ0) is 13.6. The fraction of sp³-hybridized carbons (Fsp3) is 0.929. The molecular weight excluding hydrogens is 316 g/mol. The number of rotatable bonds is 12. The van der Waals surface area contributed by atoms with Crippen LogP contribution in [0.1, 0.15) is 71.1 Å². The van der Waals surface area contributed by atoms with E-state index in [1.807, 2.05) is 0 Å². The molecule has 0 saturated carbocycles. The smallest absolute Gasteiger partial charge is 0.307 e. The second-order valence-corrected chi connectivity index (χ2v) is 5.77. The highest BCUT2D eigenvalue weighted by molar-refractivity contribution is 9.09. The Kier molecular flexibility index (Phi) is 13.8. The van der Waals surface area contributed by atoms with E-state index in [9.17, 15) is 4.79 Å². The number of ether oxygens (including phenoxy) is 1. The maximum Gasteiger partial charge on any atom is 0.307 e. The van der Waals surface area contributed by atoms with Gasteiger partial charge in [-0.15, -0.1) is 0 Å². The van der Waals surface area contributed by atoms with Crippen molar-refractivity contribution >= 4 is 33.5 Å². The van der Waals surface area contributed by atoms with Crippen LogP contribution >= 0.6 is 27.5 Å². The Balaban J connectivity index is 3.17. The number of carbonyl (C=O) groups excluding carboxylic acids is 1. The van der Waals surface area contributed by atoms with E-state index in [1.54, 1.807) is 0 Å². The highest BCUT2D eigenvalue weighted by Gasteiger charge is 2.08. The lowest BCUT2D eigenvalue weighted by molar-refractivity contribution is -0.144. The third kappa shape index (κ3) is 12.7. The van der Waals surface area contributed by atoms with Crippen LogP contribution in [0, 0.1) is 0 Å². The Morgan fingerprint density at radius 3 is 2.06 bits per heavy atom.